The average Bonchev–Trinajstić information content (AvgIpc) is 2.81. The second-order valence-electron chi connectivity index (χ2n) is 4.86. The molecule has 0 fully saturated rings. The van der Waals surface area contributed by atoms with Crippen LogP contribution in [-0.2, 0) is 0 Å². The molecule has 18 heavy (non-hydrogen) atoms. The van der Waals surface area contributed by atoms with Crippen molar-refractivity contribution in [3.8, 4) is 10.4 Å². The molecule has 0 spiro atoms. The Bertz CT molecular complexity index is 712. The van der Waals surface area contributed by atoms with E-state index in [1.54, 1.807) is 0 Å². The van der Waals surface area contributed by atoms with E-state index in [0.29, 0.717) is 0 Å². The maximum Gasteiger partial charge on any atom is 0.0491 e. The van der Waals surface area contributed by atoms with E-state index in [4.69, 9.17) is 0 Å². The van der Waals surface area contributed by atoms with E-state index in [-0.39, 0.29) is 0 Å². The van der Waals surface area contributed by atoms with Crippen LogP contribution in [0.4, 0.5) is 0 Å². The van der Waals surface area contributed by atoms with Gasteiger partial charge in [0.2, 0.25) is 0 Å². The predicted molar refractivity (Wildman–Crippen MR) is 84.1 cm³/mol. The Kier molecular flexibility index (Phi) is 2.80. The van der Waals surface area contributed by atoms with Crippen LogP contribution in [0.3, 0.4) is 0 Å². The molecular formula is C16H16S2. The third-order valence-electron chi connectivity index (χ3n) is 3.53. The number of hydrogen-bond acceptors (Lipinski definition) is 2. The highest BCUT2D eigenvalue weighted by molar-refractivity contribution is 7.30. The van der Waals surface area contributed by atoms with Crippen molar-refractivity contribution in [1.29, 1.82) is 0 Å². The number of benzene rings is 1. The summed E-state index contributed by atoms with van der Waals surface area (Å²) in [7, 11) is 0. The van der Waals surface area contributed by atoms with Crippen LogP contribution < -0.4 is 0 Å². The number of fused-ring (bicyclic) bond motifs is 1. The first-order valence-corrected chi connectivity index (χ1v) is 7.77. The SMILES string of the molecule is Cc1ccc(-c2sc3c(C)c(C)sc3c2C)cc1. The second-order valence-corrected chi connectivity index (χ2v) is 7.11. The van der Waals surface area contributed by atoms with Gasteiger partial charge in [0.1, 0.15) is 0 Å². The first kappa shape index (κ1) is 11.9. The Morgan fingerprint density at radius 3 is 1.94 bits per heavy atom. The van der Waals surface area contributed by atoms with Gasteiger partial charge < -0.3 is 0 Å². The molecular weight excluding hydrogens is 256 g/mol. The maximum absolute atomic E-state index is 2.25. The van der Waals surface area contributed by atoms with E-state index >= 15 is 0 Å². The normalized spacial score (nSPS) is 11.3. The summed E-state index contributed by atoms with van der Waals surface area (Å²) in [6, 6.07) is 8.86. The standard InChI is InChI=1S/C16H16S2/c1-9-5-7-13(8-6-9)14-11(3)16-15(18-14)10(2)12(4)17-16/h5-8H,1-4H3. The van der Waals surface area contributed by atoms with Crippen molar-refractivity contribution < 1.29 is 0 Å². The molecule has 2 aromatic heterocycles. The second kappa shape index (κ2) is 4.22. The minimum Gasteiger partial charge on any atom is -0.139 e. The molecule has 0 aliphatic rings. The molecule has 0 saturated carbocycles. The van der Waals surface area contributed by atoms with Crippen LogP contribution in [0.15, 0.2) is 24.3 Å². The zero-order valence-corrected chi connectivity index (χ0v) is 12.8. The largest absolute Gasteiger partial charge is 0.139 e. The van der Waals surface area contributed by atoms with Gasteiger partial charge in [0, 0.05) is 19.2 Å². The molecule has 92 valence electrons. The highest BCUT2D eigenvalue weighted by Gasteiger charge is 2.15. The quantitative estimate of drug-likeness (QED) is 0.520. The summed E-state index contributed by atoms with van der Waals surface area (Å²) in [6.07, 6.45) is 0. The molecule has 0 radical (unpaired) electrons. The van der Waals surface area contributed by atoms with E-state index in [2.05, 4.69) is 52.0 Å². The van der Waals surface area contributed by atoms with Crippen LogP contribution in [0.1, 0.15) is 21.6 Å². The highest BCUT2D eigenvalue weighted by Crippen LogP contribution is 2.44. The number of rotatable bonds is 1. The Morgan fingerprint density at radius 1 is 0.722 bits per heavy atom. The van der Waals surface area contributed by atoms with Crippen LogP contribution in [0, 0.1) is 27.7 Å². The molecule has 3 aromatic rings. The van der Waals surface area contributed by atoms with Gasteiger partial charge in [-0.2, -0.15) is 0 Å². The summed E-state index contributed by atoms with van der Waals surface area (Å²) in [5, 5.41) is 0. The fraction of sp³-hybridized carbons (Fsp3) is 0.250. The average molecular weight is 272 g/mol. The van der Waals surface area contributed by atoms with E-state index in [1.165, 1.54) is 41.4 Å². The van der Waals surface area contributed by atoms with E-state index < -0.39 is 0 Å². The van der Waals surface area contributed by atoms with Crippen molar-refractivity contribution in [2.45, 2.75) is 27.7 Å². The Balaban J connectivity index is 2.24. The summed E-state index contributed by atoms with van der Waals surface area (Å²) in [4.78, 5) is 2.88. The van der Waals surface area contributed by atoms with E-state index in [9.17, 15) is 0 Å². The fourth-order valence-corrected chi connectivity index (χ4v) is 4.94. The topological polar surface area (TPSA) is 0 Å². The zero-order chi connectivity index (χ0) is 12.9. The molecule has 2 heterocycles. The molecule has 3 rings (SSSR count). The van der Waals surface area contributed by atoms with Gasteiger partial charge in [-0.3, -0.25) is 0 Å². The van der Waals surface area contributed by atoms with Crippen LogP contribution in [-0.4, -0.2) is 0 Å². The molecule has 0 aliphatic heterocycles. The summed E-state index contributed by atoms with van der Waals surface area (Å²) >= 11 is 3.88. The first-order valence-electron chi connectivity index (χ1n) is 6.14. The summed E-state index contributed by atoms with van der Waals surface area (Å²) in [5.41, 5.74) is 5.58. The number of hydrogen-bond donors (Lipinski definition) is 0. The molecule has 0 N–H and O–H groups in total. The van der Waals surface area contributed by atoms with Gasteiger partial charge in [0.15, 0.2) is 0 Å². The lowest BCUT2D eigenvalue weighted by Gasteiger charge is -2.00. The fourth-order valence-electron chi connectivity index (χ4n) is 2.24. The lowest BCUT2D eigenvalue weighted by Crippen LogP contribution is -1.76. The van der Waals surface area contributed by atoms with Crippen molar-refractivity contribution in [2.75, 3.05) is 0 Å². The van der Waals surface area contributed by atoms with Crippen molar-refractivity contribution >= 4 is 32.1 Å². The Morgan fingerprint density at radius 2 is 1.33 bits per heavy atom. The van der Waals surface area contributed by atoms with Gasteiger partial charge in [0.25, 0.3) is 0 Å². The molecule has 0 unspecified atom stereocenters. The van der Waals surface area contributed by atoms with Crippen LogP contribution in [0.25, 0.3) is 19.8 Å². The lowest BCUT2D eigenvalue weighted by atomic mass is 10.1. The monoisotopic (exact) mass is 272 g/mol. The van der Waals surface area contributed by atoms with Gasteiger partial charge >= 0.3 is 0 Å². The summed E-state index contributed by atoms with van der Waals surface area (Å²) in [5.74, 6) is 0. The van der Waals surface area contributed by atoms with Gasteiger partial charge in [-0.25, -0.2) is 0 Å². The zero-order valence-electron chi connectivity index (χ0n) is 11.1. The first-order chi connectivity index (χ1) is 8.58. The van der Waals surface area contributed by atoms with Gasteiger partial charge in [-0.1, -0.05) is 29.8 Å². The van der Waals surface area contributed by atoms with Crippen molar-refractivity contribution in [2.24, 2.45) is 0 Å². The van der Waals surface area contributed by atoms with Crippen LogP contribution in [0.2, 0.25) is 0 Å². The maximum atomic E-state index is 2.25. The minimum absolute atomic E-state index is 1.32. The van der Waals surface area contributed by atoms with Crippen molar-refractivity contribution in [3.63, 3.8) is 0 Å². The highest BCUT2D eigenvalue weighted by atomic mass is 32.1. The molecule has 0 saturated heterocycles. The molecule has 0 amide bonds. The summed E-state index contributed by atoms with van der Waals surface area (Å²) in [6.45, 7) is 8.85. The number of thiophene rings is 2. The van der Waals surface area contributed by atoms with Crippen molar-refractivity contribution in [3.05, 3.63) is 45.8 Å². The van der Waals surface area contributed by atoms with Gasteiger partial charge in [-0.05, 0) is 44.4 Å². The molecule has 1 aromatic carbocycles. The van der Waals surface area contributed by atoms with E-state index in [0.717, 1.165) is 0 Å². The minimum atomic E-state index is 1.32. The van der Waals surface area contributed by atoms with Crippen LogP contribution >= 0.6 is 22.7 Å². The third-order valence-corrected chi connectivity index (χ3v) is 6.45. The third kappa shape index (κ3) is 1.72. The smallest absolute Gasteiger partial charge is 0.0491 e. The van der Waals surface area contributed by atoms with E-state index in [1.807, 2.05) is 22.7 Å². The number of aryl methyl sites for hydroxylation is 4. The Hall–Kier alpha value is -1.12. The Labute approximate surface area is 116 Å². The predicted octanol–water partition coefficient (Wildman–Crippen LogP) is 5.86. The molecule has 0 aliphatic carbocycles. The molecule has 0 bridgehead atoms. The molecule has 0 atom stereocenters. The summed E-state index contributed by atoms with van der Waals surface area (Å²) < 4.78 is 2.95. The molecule has 0 nitrogen and oxygen atoms in total. The van der Waals surface area contributed by atoms with Crippen LogP contribution in [0.5, 0.6) is 0 Å². The van der Waals surface area contributed by atoms with Crippen molar-refractivity contribution in [1.82, 2.24) is 0 Å². The molecule has 2 heteroatoms. The lowest BCUT2D eigenvalue weighted by molar-refractivity contribution is 1.47. The van der Waals surface area contributed by atoms with Gasteiger partial charge in [0.05, 0.1) is 0 Å². The van der Waals surface area contributed by atoms with Gasteiger partial charge in [-0.15, -0.1) is 22.7 Å².